The fourth-order valence-electron chi connectivity index (χ4n) is 1.70. The van der Waals surface area contributed by atoms with Crippen molar-refractivity contribution in [3.8, 4) is 0 Å². The number of ether oxygens (including phenoxy) is 2. The highest BCUT2D eigenvalue weighted by molar-refractivity contribution is 6.39. The molecule has 5 nitrogen and oxygen atoms in total. The van der Waals surface area contributed by atoms with E-state index < -0.39 is 5.97 Å². The maximum Gasteiger partial charge on any atom is 0.307 e. The number of rotatable bonds is 7. The molecule has 1 aromatic carbocycles. The second-order valence-electron chi connectivity index (χ2n) is 4.21. The second kappa shape index (κ2) is 8.87. The molecule has 1 aromatic rings. The number of esters is 1. The van der Waals surface area contributed by atoms with E-state index in [1.165, 1.54) is 19.1 Å². The highest BCUT2D eigenvalue weighted by Crippen LogP contribution is 2.25. The Hall–Kier alpha value is -1.30. The van der Waals surface area contributed by atoms with E-state index in [0.29, 0.717) is 13.2 Å². The fraction of sp³-hybridized carbons (Fsp3) is 0.429. The summed E-state index contributed by atoms with van der Waals surface area (Å²) in [4.78, 5) is 25.2. The van der Waals surface area contributed by atoms with Gasteiger partial charge in [-0.05, 0) is 12.1 Å². The number of carbonyl (C=O) groups excluding carboxylic acids is 2. The van der Waals surface area contributed by atoms with Crippen molar-refractivity contribution >= 4 is 35.1 Å². The average Bonchev–Trinajstić information content (AvgIpc) is 2.46. The molecule has 0 saturated carbocycles. The Morgan fingerprint density at radius 1 is 1.14 bits per heavy atom. The molecule has 0 fully saturated rings. The van der Waals surface area contributed by atoms with E-state index in [-0.39, 0.29) is 34.5 Å². The van der Waals surface area contributed by atoms with Crippen LogP contribution in [0.5, 0.6) is 0 Å². The number of hydrogen-bond donors (Lipinski definition) is 0. The van der Waals surface area contributed by atoms with Gasteiger partial charge in [0.25, 0.3) is 5.91 Å². The van der Waals surface area contributed by atoms with Gasteiger partial charge in [-0.15, -0.1) is 0 Å². The van der Waals surface area contributed by atoms with Crippen LogP contribution in [0.4, 0.5) is 0 Å². The molecule has 0 radical (unpaired) electrons. The quantitative estimate of drug-likeness (QED) is 0.720. The minimum absolute atomic E-state index is 0.0913. The van der Waals surface area contributed by atoms with Crippen molar-refractivity contribution in [3.05, 3.63) is 33.8 Å². The van der Waals surface area contributed by atoms with Crippen LogP contribution in [0.2, 0.25) is 10.0 Å². The van der Waals surface area contributed by atoms with Crippen LogP contribution >= 0.6 is 23.2 Å². The molecule has 0 saturated heterocycles. The van der Waals surface area contributed by atoms with Crippen molar-refractivity contribution < 1.29 is 19.1 Å². The summed E-state index contributed by atoms with van der Waals surface area (Å²) < 4.78 is 9.55. The molecule has 0 bridgehead atoms. The number of hydrogen-bond acceptors (Lipinski definition) is 4. The lowest BCUT2D eigenvalue weighted by atomic mass is 10.2. The van der Waals surface area contributed by atoms with Crippen LogP contribution < -0.4 is 0 Å². The van der Waals surface area contributed by atoms with Crippen LogP contribution in [0.3, 0.4) is 0 Å². The summed E-state index contributed by atoms with van der Waals surface area (Å²) in [7, 11) is 2.83. The summed E-state index contributed by atoms with van der Waals surface area (Å²) in [5.41, 5.74) is 0.224. The van der Waals surface area contributed by atoms with Crippen molar-refractivity contribution in [2.45, 2.75) is 6.42 Å². The monoisotopic (exact) mass is 333 g/mol. The van der Waals surface area contributed by atoms with Crippen molar-refractivity contribution in [2.24, 2.45) is 0 Å². The molecular weight excluding hydrogens is 317 g/mol. The number of amides is 1. The molecule has 0 aromatic heterocycles. The van der Waals surface area contributed by atoms with E-state index in [2.05, 4.69) is 4.74 Å². The van der Waals surface area contributed by atoms with Gasteiger partial charge in [-0.1, -0.05) is 29.3 Å². The fourth-order valence-corrected chi connectivity index (χ4v) is 2.26. The molecule has 21 heavy (non-hydrogen) atoms. The molecule has 0 aliphatic rings. The largest absolute Gasteiger partial charge is 0.469 e. The summed E-state index contributed by atoms with van der Waals surface area (Å²) in [6.07, 6.45) is 0.0913. The lowest BCUT2D eigenvalue weighted by Gasteiger charge is -2.23. The first-order chi connectivity index (χ1) is 10.0. The third-order valence-corrected chi connectivity index (χ3v) is 3.47. The topological polar surface area (TPSA) is 55.8 Å². The van der Waals surface area contributed by atoms with Gasteiger partial charge in [0.15, 0.2) is 0 Å². The molecule has 0 aliphatic carbocycles. The zero-order valence-corrected chi connectivity index (χ0v) is 13.4. The molecule has 1 rings (SSSR count). The number of nitrogens with zero attached hydrogens (tertiary/aromatic N) is 1. The smallest absolute Gasteiger partial charge is 0.307 e. The molecule has 0 aliphatic heterocycles. The Kier molecular flexibility index (Phi) is 7.50. The first-order valence-corrected chi connectivity index (χ1v) is 7.06. The molecule has 1 amide bonds. The Labute approximate surface area is 133 Å². The summed E-state index contributed by atoms with van der Waals surface area (Å²) >= 11 is 12.1. The maximum absolute atomic E-state index is 12.5. The van der Waals surface area contributed by atoms with Crippen LogP contribution in [-0.2, 0) is 14.3 Å². The van der Waals surface area contributed by atoms with Crippen molar-refractivity contribution in [1.82, 2.24) is 4.90 Å². The first kappa shape index (κ1) is 17.8. The van der Waals surface area contributed by atoms with E-state index in [0.717, 1.165) is 0 Å². The van der Waals surface area contributed by atoms with Crippen LogP contribution in [0.1, 0.15) is 16.8 Å². The minimum atomic E-state index is -0.393. The van der Waals surface area contributed by atoms with Crippen LogP contribution in [0.15, 0.2) is 18.2 Å². The van der Waals surface area contributed by atoms with E-state index >= 15 is 0 Å². The van der Waals surface area contributed by atoms with Crippen LogP contribution in [0.25, 0.3) is 0 Å². The van der Waals surface area contributed by atoms with Crippen molar-refractivity contribution in [3.63, 3.8) is 0 Å². The van der Waals surface area contributed by atoms with Gasteiger partial charge in [-0.2, -0.15) is 0 Å². The lowest BCUT2D eigenvalue weighted by Crippen LogP contribution is -2.36. The zero-order chi connectivity index (χ0) is 15.8. The molecule has 116 valence electrons. The second-order valence-corrected chi connectivity index (χ2v) is 5.02. The summed E-state index contributed by atoms with van der Waals surface area (Å²) in [5, 5.41) is 0.543. The van der Waals surface area contributed by atoms with Gasteiger partial charge < -0.3 is 14.4 Å². The predicted molar refractivity (Wildman–Crippen MR) is 80.9 cm³/mol. The summed E-state index contributed by atoms with van der Waals surface area (Å²) in [5.74, 6) is -0.734. The summed E-state index contributed by atoms with van der Waals surface area (Å²) in [6, 6.07) is 4.85. The van der Waals surface area contributed by atoms with Gasteiger partial charge in [-0.25, -0.2) is 0 Å². The third-order valence-electron chi connectivity index (χ3n) is 2.84. The number of carbonyl (C=O) groups is 2. The molecule has 7 heteroatoms. The van der Waals surface area contributed by atoms with E-state index in [9.17, 15) is 9.59 Å². The minimum Gasteiger partial charge on any atom is -0.469 e. The standard InChI is InChI=1S/C14H17Cl2NO4/c1-20-9-8-17(7-6-12(18)21-2)14(19)13-10(15)4-3-5-11(13)16/h3-5H,6-9H2,1-2H3. The Morgan fingerprint density at radius 2 is 1.76 bits per heavy atom. The summed E-state index contributed by atoms with van der Waals surface area (Å²) in [6.45, 7) is 0.874. The SMILES string of the molecule is COCCN(CCC(=O)OC)C(=O)c1c(Cl)cccc1Cl. The van der Waals surface area contributed by atoms with E-state index in [4.69, 9.17) is 27.9 Å². The van der Waals surface area contributed by atoms with E-state index in [1.807, 2.05) is 0 Å². The Balaban J connectivity index is 2.91. The number of methoxy groups -OCH3 is 2. The van der Waals surface area contributed by atoms with E-state index in [1.54, 1.807) is 18.2 Å². The number of halogens is 2. The normalized spacial score (nSPS) is 10.3. The zero-order valence-electron chi connectivity index (χ0n) is 11.9. The maximum atomic E-state index is 12.5. The molecular formula is C14H17Cl2NO4. The molecule has 0 unspecified atom stereocenters. The third kappa shape index (κ3) is 5.19. The van der Waals surface area contributed by atoms with Gasteiger partial charge in [0.1, 0.15) is 0 Å². The van der Waals surface area contributed by atoms with Gasteiger partial charge >= 0.3 is 5.97 Å². The molecule has 0 atom stereocenters. The van der Waals surface area contributed by atoms with Gasteiger partial charge in [0, 0.05) is 20.2 Å². The molecule has 0 N–H and O–H groups in total. The Bertz CT molecular complexity index is 487. The van der Waals surface area contributed by atoms with Crippen molar-refractivity contribution in [2.75, 3.05) is 33.9 Å². The van der Waals surface area contributed by atoms with Gasteiger partial charge in [-0.3, -0.25) is 9.59 Å². The van der Waals surface area contributed by atoms with Crippen LogP contribution in [-0.4, -0.2) is 50.7 Å². The first-order valence-electron chi connectivity index (χ1n) is 6.30. The van der Waals surface area contributed by atoms with Crippen LogP contribution in [0, 0.1) is 0 Å². The van der Waals surface area contributed by atoms with Gasteiger partial charge in [0.2, 0.25) is 0 Å². The molecule has 0 heterocycles. The number of benzene rings is 1. The highest BCUT2D eigenvalue weighted by atomic mass is 35.5. The van der Waals surface area contributed by atoms with Crippen molar-refractivity contribution in [1.29, 1.82) is 0 Å². The van der Waals surface area contributed by atoms with Gasteiger partial charge in [0.05, 0.1) is 35.7 Å². The highest BCUT2D eigenvalue weighted by Gasteiger charge is 2.21. The predicted octanol–water partition coefficient (Wildman–Crippen LogP) is 2.65. The average molecular weight is 334 g/mol. The Morgan fingerprint density at radius 3 is 2.29 bits per heavy atom. The molecule has 0 spiro atoms. The lowest BCUT2D eigenvalue weighted by molar-refractivity contribution is -0.140.